The van der Waals surface area contributed by atoms with Crippen LogP contribution in [0, 0.1) is 0 Å². The van der Waals surface area contributed by atoms with E-state index in [1.807, 2.05) is 5.38 Å². The molecule has 0 spiro atoms. The van der Waals surface area contributed by atoms with Crippen molar-refractivity contribution in [1.29, 1.82) is 0 Å². The molecule has 2 heterocycles. The Kier molecular flexibility index (Phi) is 3.86. The summed E-state index contributed by atoms with van der Waals surface area (Å²) >= 11 is 1.57. The van der Waals surface area contributed by atoms with E-state index in [1.165, 1.54) is 12.1 Å². The van der Waals surface area contributed by atoms with E-state index in [0.717, 1.165) is 35.7 Å². The number of benzene rings is 1. The Morgan fingerprint density at radius 1 is 1.24 bits per heavy atom. The van der Waals surface area contributed by atoms with Crippen LogP contribution < -0.4 is 10.1 Å². The summed E-state index contributed by atoms with van der Waals surface area (Å²) in [7, 11) is 0. The largest absolute Gasteiger partial charge is 0.573 e. The average Bonchev–Trinajstić information content (AvgIpc) is 3.09. The van der Waals surface area contributed by atoms with E-state index in [0.29, 0.717) is 6.04 Å². The molecule has 2 aromatic rings. The maximum absolute atomic E-state index is 12.1. The Bertz CT molecular complexity index is 603. The third-order valence-electron chi connectivity index (χ3n) is 3.26. The number of nitrogens with zero attached hydrogens (tertiary/aromatic N) is 1. The maximum atomic E-state index is 12.1. The lowest BCUT2D eigenvalue weighted by molar-refractivity contribution is -0.274. The summed E-state index contributed by atoms with van der Waals surface area (Å²) in [6.07, 6.45) is -2.45. The van der Waals surface area contributed by atoms with Crippen LogP contribution in [0.3, 0.4) is 0 Å². The minimum atomic E-state index is -4.66. The van der Waals surface area contributed by atoms with Crippen molar-refractivity contribution in [2.24, 2.45) is 0 Å². The SMILES string of the molecule is FC(F)(F)Oc1ccc(-c2csc(C3CCCN3)n2)cc1. The van der Waals surface area contributed by atoms with Gasteiger partial charge >= 0.3 is 6.36 Å². The van der Waals surface area contributed by atoms with E-state index in [-0.39, 0.29) is 5.75 Å². The Morgan fingerprint density at radius 2 is 2.00 bits per heavy atom. The smallest absolute Gasteiger partial charge is 0.406 e. The zero-order valence-electron chi connectivity index (χ0n) is 11.0. The molecule has 7 heteroatoms. The maximum Gasteiger partial charge on any atom is 0.573 e. The summed E-state index contributed by atoms with van der Waals surface area (Å²) in [6, 6.07) is 6.08. The summed E-state index contributed by atoms with van der Waals surface area (Å²) in [6.45, 7) is 1.00. The van der Waals surface area contributed by atoms with Gasteiger partial charge in [0, 0.05) is 10.9 Å². The lowest BCUT2D eigenvalue weighted by Crippen LogP contribution is -2.16. The number of aromatic nitrogens is 1. The zero-order chi connectivity index (χ0) is 14.9. The van der Waals surface area contributed by atoms with Gasteiger partial charge in [-0.15, -0.1) is 24.5 Å². The van der Waals surface area contributed by atoms with Crippen molar-refractivity contribution in [1.82, 2.24) is 10.3 Å². The standard InChI is InChI=1S/C14H13F3N2OS/c15-14(16,17)20-10-5-3-9(4-6-10)12-8-21-13(19-12)11-2-1-7-18-11/h3-6,8,11,18H,1-2,7H2. The molecule has 1 fully saturated rings. The molecule has 1 aromatic carbocycles. The van der Waals surface area contributed by atoms with Crippen LogP contribution in [-0.2, 0) is 0 Å². The van der Waals surface area contributed by atoms with E-state index >= 15 is 0 Å². The van der Waals surface area contributed by atoms with Crippen molar-refractivity contribution in [2.75, 3.05) is 6.54 Å². The summed E-state index contributed by atoms with van der Waals surface area (Å²) in [5.41, 5.74) is 1.56. The van der Waals surface area contributed by atoms with Gasteiger partial charge in [0.05, 0.1) is 11.7 Å². The second kappa shape index (κ2) is 5.65. The summed E-state index contributed by atoms with van der Waals surface area (Å²) < 4.78 is 40.2. The number of hydrogen-bond acceptors (Lipinski definition) is 4. The first-order valence-electron chi connectivity index (χ1n) is 6.56. The molecule has 0 saturated carbocycles. The van der Waals surface area contributed by atoms with Crippen LogP contribution >= 0.6 is 11.3 Å². The highest BCUT2D eigenvalue weighted by Crippen LogP contribution is 2.31. The fourth-order valence-electron chi connectivity index (χ4n) is 2.30. The van der Waals surface area contributed by atoms with E-state index in [1.54, 1.807) is 23.5 Å². The van der Waals surface area contributed by atoms with Gasteiger partial charge in [0.15, 0.2) is 0 Å². The van der Waals surface area contributed by atoms with Crippen molar-refractivity contribution in [2.45, 2.75) is 25.2 Å². The van der Waals surface area contributed by atoms with Crippen LogP contribution in [-0.4, -0.2) is 17.9 Å². The number of thiazole rings is 1. The number of hydrogen-bond donors (Lipinski definition) is 1. The molecule has 0 aliphatic carbocycles. The summed E-state index contributed by atoms with van der Waals surface area (Å²) in [4.78, 5) is 4.56. The second-order valence-corrected chi connectivity index (χ2v) is 5.68. The van der Waals surface area contributed by atoms with E-state index in [2.05, 4.69) is 15.0 Å². The van der Waals surface area contributed by atoms with Crippen LogP contribution in [0.4, 0.5) is 13.2 Å². The fraction of sp³-hybridized carbons (Fsp3) is 0.357. The van der Waals surface area contributed by atoms with Crippen LogP contribution in [0.2, 0.25) is 0 Å². The zero-order valence-corrected chi connectivity index (χ0v) is 11.8. The number of rotatable bonds is 3. The van der Waals surface area contributed by atoms with Crippen molar-refractivity contribution < 1.29 is 17.9 Å². The van der Waals surface area contributed by atoms with Gasteiger partial charge in [0.1, 0.15) is 10.8 Å². The van der Waals surface area contributed by atoms with Crippen LogP contribution in [0.15, 0.2) is 29.6 Å². The first-order valence-corrected chi connectivity index (χ1v) is 7.44. The molecule has 0 radical (unpaired) electrons. The molecule has 0 bridgehead atoms. The molecule has 1 aromatic heterocycles. The molecule has 21 heavy (non-hydrogen) atoms. The van der Waals surface area contributed by atoms with Gasteiger partial charge in [-0.1, -0.05) is 0 Å². The molecule has 0 amide bonds. The quantitative estimate of drug-likeness (QED) is 0.925. The highest BCUT2D eigenvalue weighted by Gasteiger charge is 2.31. The van der Waals surface area contributed by atoms with E-state index in [4.69, 9.17) is 0 Å². The number of halogens is 3. The van der Waals surface area contributed by atoms with Crippen molar-refractivity contribution in [3.63, 3.8) is 0 Å². The number of alkyl halides is 3. The van der Waals surface area contributed by atoms with Crippen LogP contribution in [0.5, 0.6) is 5.75 Å². The van der Waals surface area contributed by atoms with E-state index < -0.39 is 6.36 Å². The first kappa shape index (κ1) is 14.3. The molecule has 3 nitrogen and oxygen atoms in total. The minimum absolute atomic E-state index is 0.223. The van der Waals surface area contributed by atoms with Crippen molar-refractivity contribution >= 4 is 11.3 Å². The summed E-state index contributed by atoms with van der Waals surface area (Å²) in [5.74, 6) is -0.223. The third-order valence-corrected chi connectivity index (χ3v) is 4.22. The molecule has 1 unspecified atom stereocenters. The highest BCUT2D eigenvalue weighted by atomic mass is 32.1. The second-order valence-electron chi connectivity index (χ2n) is 4.79. The lowest BCUT2D eigenvalue weighted by Gasteiger charge is -2.08. The van der Waals surface area contributed by atoms with Crippen LogP contribution in [0.1, 0.15) is 23.9 Å². The van der Waals surface area contributed by atoms with E-state index in [9.17, 15) is 13.2 Å². The third kappa shape index (κ3) is 3.54. The highest BCUT2D eigenvalue weighted by molar-refractivity contribution is 7.10. The van der Waals surface area contributed by atoms with Gasteiger partial charge in [-0.3, -0.25) is 0 Å². The van der Waals surface area contributed by atoms with Gasteiger partial charge in [0.25, 0.3) is 0 Å². The van der Waals surface area contributed by atoms with Gasteiger partial charge in [-0.05, 0) is 43.7 Å². The number of nitrogens with one attached hydrogen (secondary N) is 1. The molecule has 1 aliphatic heterocycles. The Hall–Kier alpha value is -1.60. The molecular formula is C14H13F3N2OS. The predicted molar refractivity (Wildman–Crippen MR) is 74.2 cm³/mol. The lowest BCUT2D eigenvalue weighted by atomic mass is 10.1. The molecule has 1 N–H and O–H groups in total. The molecule has 1 atom stereocenters. The topological polar surface area (TPSA) is 34.1 Å². The summed E-state index contributed by atoms with van der Waals surface area (Å²) in [5, 5.41) is 6.33. The Morgan fingerprint density at radius 3 is 2.62 bits per heavy atom. The molecular weight excluding hydrogens is 301 g/mol. The Labute approximate surface area is 123 Å². The van der Waals surface area contributed by atoms with Gasteiger partial charge in [0.2, 0.25) is 0 Å². The molecule has 1 saturated heterocycles. The first-order chi connectivity index (χ1) is 10.0. The molecule has 112 valence electrons. The molecule has 1 aliphatic rings. The average molecular weight is 314 g/mol. The normalized spacial score (nSPS) is 18.9. The van der Waals surface area contributed by atoms with Gasteiger partial charge in [-0.2, -0.15) is 0 Å². The molecule has 3 rings (SSSR count). The van der Waals surface area contributed by atoms with Crippen LogP contribution in [0.25, 0.3) is 11.3 Å². The van der Waals surface area contributed by atoms with Gasteiger partial charge < -0.3 is 10.1 Å². The van der Waals surface area contributed by atoms with Crippen molar-refractivity contribution in [3.8, 4) is 17.0 Å². The van der Waals surface area contributed by atoms with Gasteiger partial charge in [-0.25, -0.2) is 4.98 Å². The predicted octanol–water partition coefficient (Wildman–Crippen LogP) is 4.13. The minimum Gasteiger partial charge on any atom is -0.406 e. The Balaban J connectivity index is 1.74. The fourth-order valence-corrected chi connectivity index (χ4v) is 3.24. The van der Waals surface area contributed by atoms with Crippen molar-refractivity contribution in [3.05, 3.63) is 34.7 Å². The monoisotopic (exact) mass is 314 g/mol. The number of ether oxygens (including phenoxy) is 1.